The Hall–Kier alpha value is -4.13. The maximum absolute atomic E-state index is 13.1. The summed E-state index contributed by atoms with van der Waals surface area (Å²) >= 11 is 0. The van der Waals surface area contributed by atoms with Crippen molar-refractivity contribution in [2.75, 3.05) is 20.3 Å². The fourth-order valence-electron chi connectivity index (χ4n) is 3.60. The highest BCUT2D eigenvalue weighted by Gasteiger charge is 2.33. The van der Waals surface area contributed by atoms with E-state index in [1.807, 2.05) is 0 Å². The molecular formula is C22H23FN6O6. The van der Waals surface area contributed by atoms with E-state index < -0.39 is 35.0 Å². The third kappa shape index (κ3) is 5.19. The fraction of sp³-hybridized carbons (Fsp3) is 0.364. The number of hydrogen-bond donors (Lipinski definition) is 2. The molecular weight excluding hydrogens is 463 g/mol. The normalized spacial score (nSPS) is 15.2. The summed E-state index contributed by atoms with van der Waals surface area (Å²) in [5.74, 6) is -2.03. The number of nitrogens with one attached hydrogen (secondary N) is 1. The molecule has 0 radical (unpaired) electrons. The molecule has 1 atom stereocenters. The Morgan fingerprint density at radius 1 is 1.29 bits per heavy atom. The van der Waals surface area contributed by atoms with Crippen LogP contribution in [0.15, 0.2) is 33.5 Å². The molecule has 0 saturated carbocycles. The number of amides is 2. The van der Waals surface area contributed by atoms with Gasteiger partial charge in [-0.3, -0.25) is 19.0 Å². The summed E-state index contributed by atoms with van der Waals surface area (Å²) in [5.41, 5.74) is -0.215. The van der Waals surface area contributed by atoms with Crippen LogP contribution in [0, 0.1) is 12.7 Å². The average molecular weight is 486 g/mol. The van der Waals surface area contributed by atoms with E-state index in [0.29, 0.717) is 5.56 Å². The maximum Gasteiger partial charge on any atom is 0.311 e. The zero-order valence-electron chi connectivity index (χ0n) is 19.0. The molecule has 12 nitrogen and oxygen atoms in total. The molecule has 1 aliphatic heterocycles. The maximum atomic E-state index is 13.1. The van der Waals surface area contributed by atoms with E-state index in [-0.39, 0.29) is 56.0 Å². The molecule has 3 aromatic rings. The first-order valence-corrected chi connectivity index (χ1v) is 10.7. The molecule has 0 fully saturated rings. The zero-order valence-corrected chi connectivity index (χ0v) is 19.0. The summed E-state index contributed by atoms with van der Waals surface area (Å²) in [6, 6.07) is 4.78. The number of hydrogen-bond acceptors (Lipinski definition) is 9. The number of rotatable bonds is 6. The van der Waals surface area contributed by atoms with E-state index in [1.54, 1.807) is 6.92 Å². The average Bonchev–Trinajstić information content (AvgIpc) is 3.16. The van der Waals surface area contributed by atoms with Crippen LogP contribution >= 0.6 is 0 Å². The molecule has 1 unspecified atom stereocenters. The SMILES string of the molecule is Cc1nnc(C(=O)N(C)C2COCCn3c2nc(CC(=O)NCc2ccc(F)cc2)c(O)c3=O)o1. The van der Waals surface area contributed by atoms with Crippen molar-refractivity contribution in [2.45, 2.75) is 32.5 Å². The molecule has 2 N–H and O–H groups in total. The Labute approximate surface area is 198 Å². The van der Waals surface area contributed by atoms with E-state index in [4.69, 9.17) is 9.15 Å². The Morgan fingerprint density at radius 3 is 2.71 bits per heavy atom. The second kappa shape index (κ2) is 10.0. The number of halogens is 1. The van der Waals surface area contributed by atoms with Gasteiger partial charge in [0.1, 0.15) is 17.7 Å². The zero-order chi connectivity index (χ0) is 25.1. The van der Waals surface area contributed by atoms with Crippen LogP contribution in [0.2, 0.25) is 0 Å². The van der Waals surface area contributed by atoms with Gasteiger partial charge in [-0.25, -0.2) is 9.37 Å². The van der Waals surface area contributed by atoms with Crippen LogP contribution in [0.3, 0.4) is 0 Å². The standard InChI is InChI=1S/C22H23FN6O6/c1-12-26-27-20(35-12)22(33)28(2)16-11-34-8-7-29-19(16)25-15(18(31)21(29)32)9-17(30)24-10-13-3-5-14(23)6-4-13/h3-6,16,31H,7-11H2,1-2H3,(H,24,30). The summed E-state index contributed by atoms with van der Waals surface area (Å²) in [7, 11) is 1.47. The number of aromatic nitrogens is 4. The second-order valence-corrected chi connectivity index (χ2v) is 7.94. The van der Waals surface area contributed by atoms with Gasteiger partial charge in [-0.1, -0.05) is 12.1 Å². The lowest BCUT2D eigenvalue weighted by molar-refractivity contribution is -0.120. The van der Waals surface area contributed by atoms with E-state index in [2.05, 4.69) is 20.5 Å². The van der Waals surface area contributed by atoms with Crippen LogP contribution in [0.4, 0.5) is 4.39 Å². The van der Waals surface area contributed by atoms with Crippen LogP contribution < -0.4 is 10.9 Å². The number of aromatic hydroxyl groups is 1. The number of fused-ring (bicyclic) bond motifs is 1. The summed E-state index contributed by atoms with van der Waals surface area (Å²) in [5, 5.41) is 20.5. The molecule has 4 rings (SSSR count). The molecule has 3 heterocycles. The van der Waals surface area contributed by atoms with Gasteiger partial charge in [0, 0.05) is 20.5 Å². The van der Waals surface area contributed by atoms with Crippen molar-refractivity contribution in [2.24, 2.45) is 0 Å². The van der Waals surface area contributed by atoms with E-state index in [0.717, 1.165) is 0 Å². The monoisotopic (exact) mass is 486 g/mol. The van der Waals surface area contributed by atoms with Crippen molar-refractivity contribution >= 4 is 11.8 Å². The highest BCUT2D eigenvalue weighted by molar-refractivity contribution is 5.89. The first-order valence-electron chi connectivity index (χ1n) is 10.7. The van der Waals surface area contributed by atoms with Crippen LogP contribution in [-0.4, -0.2) is 61.8 Å². The van der Waals surface area contributed by atoms with Gasteiger partial charge >= 0.3 is 11.8 Å². The molecule has 35 heavy (non-hydrogen) atoms. The lowest BCUT2D eigenvalue weighted by Crippen LogP contribution is -2.38. The molecule has 2 aromatic heterocycles. The highest BCUT2D eigenvalue weighted by atomic mass is 19.1. The molecule has 0 saturated heterocycles. The lowest BCUT2D eigenvalue weighted by atomic mass is 10.2. The fourth-order valence-corrected chi connectivity index (χ4v) is 3.60. The van der Waals surface area contributed by atoms with Crippen LogP contribution in [0.25, 0.3) is 0 Å². The Balaban J connectivity index is 1.58. The van der Waals surface area contributed by atoms with Gasteiger partial charge in [0.25, 0.3) is 5.56 Å². The third-order valence-electron chi connectivity index (χ3n) is 5.51. The van der Waals surface area contributed by atoms with Gasteiger partial charge in [0.05, 0.1) is 31.9 Å². The van der Waals surface area contributed by atoms with Gasteiger partial charge in [-0.15, -0.1) is 10.2 Å². The number of benzene rings is 1. The molecule has 2 amide bonds. The molecule has 184 valence electrons. The molecule has 0 spiro atoms. The number of aryl methyl sites for hydroxylation is 1. The van der Waals surface area contributed by atoms with Crippen LogP contribution in [-0.2, 0) is 29.0 Å². The topological polar surface area (TPSA) is 153 Å². The lowest BCUT2D eigenvalue weighted by Gasteiger charge is -2.26. The van der Waals surface area contributed by atoms with E-state index in [1.165, 1.54) is 40.8 Å². The molecule has 1 aromatic carbocycles. The van der Waals surface area contributed by atoms with Crippen molar-refractivity contribution in [1.29, 1.82) is 0 Å². The summed E-state index contributed by atoms with van der Waals surface area (Å²) in [6.45, 7) is 1.95. The number of nitrogens with zero attached hydrogens (tertiary/aromatic N) is 5. The highest BCUT2D eigenvalue weighted by Crippen LogP contribution is 2.24. The third-order valence-corrected chi connectivity index (χ3v) is 5.51. The quantitative estimate of drug-likeness (QED) is 0.507. The van der Waals surface area contributed by atoms with Gasteiger partial charge in [0.2, 0.25) is 17.5 Å². The van der Waals surface area contributed by atoms with Gasteiger partial charge in [0.15, 0.2) is 0 Å². The number of carbonyl (C=O) groups excluding carboxylic acids is 2. The van der Waals surface area contributed by atoms with E-state index in [9.17, 15) is 23.9 Å². The smallest absolute Gasteiger partial charge is 0.311 e. The van der Waals surface area contributed by atoms with E-state index >= 15 is 0 Å². The van der Waals surface area contributed by atoms with Crippen molar-refractivity contribution in [3.05, 3.63) is 69.3 Å². The summed E-state index contributed by atoms with van der Waals surface area (Å²) < 4.78 is 25.1. The molecule has 13 heteroatoms. The minimum Gasteiger partial charge on any atom is -0.502 e. The predicted molar refractivity (Wildman–Crippen MR) is 117 cm³/mol. The number of likely N-dealkylation sites (N-methyl/N-ethyl adjacent to an activating group) is 1. The number of carbonyl (C=O) groups is 2. The summed E-state index contributed by atoms with van der Waals surface area (Å²) in [4.78, 5) is 43.9. The van der Waals surface area contributed by atoms with Crippen molar-refractivity contribution in [3.8, 4) is 5.75 Å². The number of ether oxygens (including phenoxy) is 1. The summed E-state index contributed by atoms with van der Waals surface area (Å²) in [6.07, 6.45) is -0.385. The van der Waals surface area contributed by atoms with Crippen molar-refractivity contribution < 1.29 is 28.2 Å². The Morgan fingerprint density at radius 2 is 2.03 bits per heavy atom. The minimum atomic E-state index is -0.827. The van der Waals surface area contributed by atoms with Gasteiger partial charge in [-0.2, -0.15) is 0 Å². The van der Waals surface area contributed by atoms with Gasteiger partial charge in [-0.05, 0) is 17.7 Å². The van der Waals surface area contributed by atoms with Gasteiger partial charge < -0.3 is 24.5 Å². The Kier molecular flexibility index (Phi) is 6.87. The van der Waals surface area contributed by atoms with Crippen LogP contribution in [0.5, 0.6) is 5.75 Å². The molecule has 1 aliphatic rings. The largest absolute Gasteiger partial charge is 0.502 e. The van der Waals surface area contributed by atoms with Crippen LogP contribution in [0.1, 0.15) is 39.7 Å². The first-order chi connectivity index (χ1) is 16.7. The van der Waals surface area contributed by atoms with Crippen molar-refractivity contribution in [1.82, 2.24) is 30.0 Å². The first kappa shape index (κ1) is 24.0. The predicted octanol–water partition coefficient (Wildman–Crippen LogP) is 0.482. The van der Waals surface area contributed by atoms with Crippen molar-refractivity contribution in [3.63, 3.8) is 0 Å². The second-order valence-electron chi connectivity index (χ2n) is 7.94. The Bertz CT molecular complexity index is 1300. The minimum absolute atomic E-state index is 0.0166. The molecule has 0 aliphatic carbocycles. The molecule has 0 bridgehead atoms.